The number of nitrogens with one attached hydrogen (secondary N) is 1. The second kappa shape index (κ2) is 9.80. The number of nitrogens with zero attached hydrogens (tertiary/aromatic N) is 1. The van der Waals surface area contributed by atoms with E-state index in [1.807, 2.05) is 54.6 Å². The van der Waals surface area contributed by atoms with Crippen LogP contribution >= 0.6 is 0 Å². The Morgan fingerprint density at radius 2 is 1.55 bits per heavy atom. The van der Waals surface area contributed by atoms with Crippen molar-refractivity contribution in [2.24, 2.45) is 0 Å². The van der Waals surface area contributed by atoms with E-state index in [2.05, 4.69) is 56.2 Å². The van der Waals surface area contributed by atoms with Crippen LogP contribution in [0, 0.1) is 0 Å². The van der Waals surface area contributed by atoms with Crippen LogP contribution in [-0.4, -0.2) is 37.0 Å². The topological polar surface area (TPSA) is 41.6 Å². The second-order valence-electron chi connectivity index (χ2n) is 10.0. The van der Waals surface area contributed by atoms with Gasteiger partial charge in [-0.25, -0.2) is 0 Å². The minimum absolute atomic E-state index is 0.0644. The fourth-order valence-electron chi connectivity index (χ4n) is 4.15. The average molecular weight is 443 g/mol. The lowest BCUT2D eigenvalue weighted by molar-refractivity contribution is 0.102. The number of hydrogen-bond donors (Lipinski definition) is 1. The van der Waals surface area contributed by atoms with Crippen LogP contribution in [0.4, 0.5) is 5.69 Å². The van der Waals surface area contributed by atoms with Crippen molar-refractivity contribution in [3.63, 3.8) is 0 Å². The smallest absolute Gasteiger partial charge is 0.255 e. The summed E-state index contributed by atoms with van der Waals surface area (Å²) in [5.74, 6) is 0.794. The van der Waals surface area contributed by atoms with E-state index >= 15 is 0 Å². The molecule has 0 unspecified atom stereocenters. The van der Waals surface area contributed by atoms with E-state index in [1.165, 1.54) is 5.56 Å². The highest BCUT2D eigenvalue weighted by atomic mass is 16.5. The first-order valence-electron chi connectivity index (χ1n) is 11.8. The minimum Gasteiger partial charge on any atom is -0.490 e. The molecule has 1 saturated heterocycles. The number of amides is 1. The molecule has 0 radical (unpaired) electrons. The highest BCUT2D eigenvalue weighted by Gasteiger charge is 2.18. The van der Waals surface area contributed by atoms with Gasteiger partial charge in [0.15, 0.2) is 0 Å². The molecule has 1 heterocycles. The third kappa shape index (κ3) is 6.02. The summed E-state index contributed by atoms with van der Waals surface area (Å²) in [7, 11) is 2.16. The summed E-state index contributed by atoms with van der Waals surface area (Å²) >= 11 is 0. The highest BCUT2D eigenvalue weighted by molar-refractivity contribution is 6.04. The van der Waals surface area contributed by atoms with E-state index in [-0.39, 0.29) is 17.4 Å². The normalized spacial score (nSPS) is 15.3. The van der Waals surface area contributed by atoms with E-state index in [4.69, 9.17) is 4.74 Å². The first-order chi connectivity index (χ1) is 15.8. The molecule has 3 aromatic rings. The number of carbonyl (C=O) groups is 1. The van der Waals surface area contributed by atoms with E-state index in [0.717, 1.165) is 48.5 Å². The average Bonchev–Trinajstić information content (AvgIpc) is 2.80. The zero-order valence-corrected chi connectivity index (χ0v) is 20.1. The Bertz CT molecular complexity index is 1090. The van der Waals surface area contributed by atoms with Crippen molar-refractivity contribution in [1.82, 2.24) is 4.90 Å². The van der Waals surface area contributed by atoms with Crippen molar-refractivity contribution in [1.29, 1.82) is 0 Å². The molecule has 0 aromatic heterocycles. The number of hydrogen-bond acceptors (Lipinski definition) is 3. The molecule has 1 aliphatic rings. The second-order valence-corrected chi connectivity index (χ2v) is 10.0. The van der Waals surface area contributed by atoms with Crippen molar-refractivity contribution in [2.75, 3.05) is 25.5 Å². The molecule has 0 bridgehead atoms. The molecule has 33 heavy (non-hydrogen) atoms. The van der Waals surface area contributed by atoms with Crippen molar-refractivity contribution in [3.05, 3.63) is 83.9 Å². The zero-order chi connectivity index (χ0) is 23.4. The zero-order valence-electron chi connectivity index (χ0n) is 20.1. The molecule has 172 valence electrons. The molecule has 4 rings (SSSR count). The quantitative estimate of drug-likeness (QED) is 0.499. The maximum absolute atomic E-state index is 12.8. The number of piperidine rings is 1. The third-order valence-corrected chi connectivity index (χ3v) is 6.27. The number of anilines is 1. The van der Waals surface area contributed by atoms with Crippen LogP contribution in [0.5, 0.6) is 5.75 Å². The van der Waals surface area contributed by atoms with Crippen LogP contribution < -0.4 is 10.1 Å². The fraction of sp³-hybridized carbons (Fsp3) is 0.345. The monoisotopic (exact) mass is 442 g/mol. The maximum atomic E-state index is 12.8. The number of benzene rings is 3. The SMILES string of the molecule is CN1CCC(Oc2cccc(-c3cccc(NC(=O)c4ccc(C(C)(C)C)cc4)c3)c2)CC1. The predicted molar refractivity (Wildman–Crippen MR) is 136 cm³/mol. The Hall–Kier alpha value is -3.11. The van der Waals surface area contributed by atoms with Crippen LogP contribution in [0.3, 0.4) is 0 Å². The Labute approximate surface area is 197 Å². The lowest BCUT2D eigenvalue weighted by Gasteiger charge is -2.29. The molecule has 1 N–H and O–H groups in total. The van der Waals surface area contributed by atoms with Gasteiger partial charge in [-0.1, -0.05) is 57.2 Å². The minimum atomic E-state index is -0.105. The van der Waals surface area contributed by atoms with Crippen LogP contribution in [0.2, 0.25) is 0 Å². The molecule has 4 nitrogen and oxygen atoms in total. The number of ether oxygens (including phenoxy) is 1. The molecule has 1 aliphatic heterocycles. The molecule has 0 spiro atoms. The molecule has 4 heteroatoms. The van der Waals surface area contributed by atoms with Gasteiger partial charge in [-0.05, 0) is 78.4 Å². The molecular weight excluding hydrogens is 408 g/mol. The first kappa shape index (κ1) is 23.1. The summed E-state index contributed by atoms with van der Waals surface area (Å²) in [4.78, 5) is 15.1. The molecule has 1 fully saturated rings. The van der Waals surface area contributed by atoms with Gasteiger partial charge in [0.2, 0.25) is 0 Å². The summed E-state index contributed by atoms with van der Waals surface area (Å²) in [6, 6.07) is 24.0. The highest BCUT2D eigenvalue weighted by Crippen LogP contribution is 2.28. The van der Waals surface area contributed by atoms with E-state index < -0.39 is 0 Å². The summed E-state index contributed by atoms with van der Waals surface area (Å²) in [5, 5.41) is 3.04. The summed E-state index contributed by atoms with van der Waals surface area (Å²) in [6.07, 6.45) is 2.38. The van der Waals surface area contributed by atoms with Crippen LogP contribution in [-0.2, 0) is 5.41 Å². The van der Waals surface area contributed by atoms with Crippen molar-refractivity contribution < 1.29 is 9.53 Å². The third-order valence-electron chi connectivity index (χ3n) is 6.27. The van der Waals surface area contributed by atoms with Gasteiger partial charge >= 0.3 is 0 Å². The van der Waals surface area contributed by atoms with E-state index in [1.54, 1.807) is 0 Å². The van der Waals surface area contributed by atoms with Gasteiger partial charge in [-0.3, -0.25) is 4.79 Å². The molecule has 0 saturated carbocycles. The molecule has 0 atom stereocenters. The Balaban J connectivity index is 1.45. The predicted octanol–water partition coefficient (Wildman–Crippen LogP) is 6.38. The van der Waals surface area contributed by atoms with Crippen LogP contribution in [0.1, 0.15) is 49.5 Å². The molecule has 3 aromatic carbocycles. The largest absolute Gasteiger partial charge is 0.490 e. The van der Waals surface area contributed by atoms with Gasteiger partial charge in [0, 0.05) is 24.3 Å². The lowest BCUT2D eigenvalue weighted by atomic mass is 9.87. The van der Waals surface area contributed by atoms with Gasteiger partial charge in [0.1, 0.15) is 11.9 Å². The Morgan fingerprint density at radius 3 is 2.21 bits per heavy atom. The van der Waals surface area contributed by atoms with Gasteiger partial charge in [-0.2, -0.15) is 0 Å². The maximum Gasteiger partial charge on any atom is 0.255 e. The van der Waals surface area contributed by atoms with E-state index in [0.29, 0.717) is 5.56 Å². The van der Waals surface area contributed by atoms with Crippen LogP contribution in [0.15, 0.2) is 72.8 Å². The standard InChI is InChI=1S/C29H34N2O2/c1-29(2,3)24-13-11-21(12-14-24)28(32)30-25-9-5-7-22(19-25)23-8-6-10-27(20-23)33-26-15-17-31(4)18-16-26/h5-14,19-20,26H,15-18H2,1-4H3,(H,30,32). The first-order valence-corrected chi connectivity index (χ1v) is 11.8. The molecular formula is C29H34N2O2. The van der Waals surface area contributed by atoms with E-state index in [9.17, 15) is 4.79 Å². The van der Waals surface area contributed by atoms with Crippen LogP contribution in [0.25, 0.3) is 11.1 Å². The Kier molecular flexibility index (Phi) is 6.85. The van der Waals surface area contributed by atoms with Gasteiger partial charge in [-0.15, -0.1) is 0 Å². The lowest BCUT2D eigenvalue weighted by Crippen LogP contribution is -2.35. The number of rotatable bonds is 5. The molecule has 0 aliphatic carbocycles. The fourth-order valence-corrected chi connectivity index (χ4v) is 4.15. The van der Waals surface area contributed by atoms with Gasteiger partial charge in [0.05, 0.1) is 0 Å². The van der Waals surface area contributed by atoms with Crippen molar-refractivity contribution in [2.45, 2.75) is 45.1 Å². The summed E-state index contributed by atoms with van der Waals surface area (Å²) < 4.78 is 6.26. The summed E-state index contributed by atoms with van der Waals surface area (Å²) in [6.45, 7) is 8.65. The van der Waals surface area contributed by atoms with Gasteiger partial charge in [0.25, 0.3) is 5.91 Å². The van der Waals surface area contributed by atoms with Gasteiger partial charge < -0.3 is 15.0 Å². The Morgan fingerprint density at radius 1 is 0.909 bits per heavy atom. The summed E-state index contributed by atoms with van der Waals surface area (Å²) in [5.41, 5.74) is 4.83. The number of carbonyl (C=O) groups excluding carboxylic acids is 1. The molecule has 1 amide bonds. The van der Waals surface area contributed by atoms with Crippen molar-refractivity contribution >= 4 is 11.6 Å². The number of likely N-dealkylation sites (tertiary alicyclic amines) is 1. The van der Waals surface area contributed by atoms with Crippen molar-refractivity contribution in [3.8, 4) is 16.9 Å².